The van der Waals surface area contributed by atoms with Gasteiger partial charge in [-0.2, -0.15) is 10.3 Å². The normalized spacial score (nSPS) is 14.7. The molecule has 0 unspecified atom stereocenters. The summed E-state index contributed by atoms with van der Waals surface area (Å²) in [5.74, 6) is 1.61. The molecule has 1 aliphatic rings. The lowest BCUT2D eigenvalue weighted by molar-refractivity contribution is 0.185. The van der Waals surface area contributed by atoms with Crippen molar-refractivity contribution in [2.45, 2.75) is 33.8 Å². The summed E-state index contributed by atoms with van der Waals surface area (Å²) in [6.45, 7) is 10.7. The Kier molecular flexibility index (Phi) is 8.99. The van der Waals surface area contributed by atoms with Gasteiger partial charge >= 0.3 is 0 Å². The molecular weight excluding hydrogens is 426 g/mol. The highest BCUT2D eigenvalue weighted by molar-refractivity contribution is 6.12. The second-order valence-corrected chi connectivity index (χ2v) is 8.14. The number of hydrogen-bond donors (Lipinski definition) is 1. The summed E-state index contributed by atoms with van der Waals surface area (Å²) in [7, 11) is 1.70. The minimum absolute atomic E-state index is 0.455. The molecule has 2 heterocycles. The van der Waals surface area contributed by atoms with Gasteiger partial charge in [0.15, 0.2) is 5.82 Å². The number of hydrogen-bond acceptors (Lipinski definition) is 7. The summed E-state index contributed by atoms with van der Waals surface area (Å²) in [5, 5.41) is 20.2. The highest BCUT2D eigenvalue weighted by Crippen LogP contribution is 2.34. The lowest BCUT2D eigenvalue weighted by Crippen LogP contribution is -2.23. The van der Waals surface area contributed by atoms with Crippen molar-refractivity contribution in [3.8, 4) is 0 Å². The summed E-state index contributed by atoms with van der Waals surface area (Å²) < 4.78 is 4.93. The first-order chi connectivity index (χ1) is 16.5. The van der Waals surface area contributed by atoms with E-state index in [0.29, 0.717) is 24.2 Å². The van der Waals surface area contributed by atoms with Gasteiger partial charge in [0.1, 0.15) is 0 Å². The predicted octanol–water partition coefficient (Wildman–Crippen LogP) is 5.18. The summed E-state index contributed by atoms with van der Waals surface area (Å²) in [6, 6.07) is 20.3. The van der Waals surface area contributed by atoms with E-state index < -0.39 is 0 Å². The van der Waals surface area contributed by atoms with Gasteiger partial charge in [-0.3, -0.25) is 0 Å². The average Bonchev–Trinajstić information content (AvgIpc) is 3.40. The Bertz CT molecular complexity index is 1130. The summed E-state index contributed by atoms with van der Waals surface area (Å²) in [4.78, 5) is 4.62. The largest absolute Gasteiger partial charge is 0.380 e. The van der Waals surface area contributed by atoms with Crippen molar-refractivity contribution >= 4 is 24.1 Å². The number of benzene rings is 2. The Morgan fingerprint density at radius 2 is 1.76 bits per heavy atom. The third-order valence-corrected chi connectivity index (χ3v) is 5.08. The molecule has 1 aliphatic heterocycles. The second kappa shape index (κ2) is 12.4. The molecule has 1 aromatic heterocycles. The van der Waals surface area contributed by atoms with Gasteiger partial charge in [-0.1, -0.05) is 74.5 Å². The van der Waals surface area contributed by atoms with Crippen LogP contribution in [-0.2, 0) is 11.3 Å². The number of H-pyrrole nitrogens is 1. The fourth-order valence-electron chi connectivity index (χ4n) is 3.51. The summed E-state index contributed by atoms with van der Waals surface area (Å²) in [5.41, 5.74) is 5.22. The smallest absolute Gasteiger partial charge is 0.204 e. The summed E-state index contributed by atoms with van der Waals surface area (Å²) >= 11 is 0. The number of nitrogens with one attached hydrogen (secondary N) is 1. The molecule has 4 rings (SSSR count). The maximum Gasteiger partial charge on any atom is 0.204 e. The highest BCUT2D eigenvalue weighted by atomic mass is 16.5. The first-order valence-electron chi connectivity index (χ1n) is 11.1. The van der Waals surface area contributed by atoms with Crippen LogP contribution in [-0.4, -0.2) is 45.7 Å². The van der Waals surface area contributed by atoms with Crippen LogP contribution in [0.4, 0.5) is 0 Å². The molecule has 3 aromatic rings. The van der Waals surface area contributed by atoms with Crippen molar-refractivity contribution in [3.05, 3.63) is 89.1 Å². The van der Waals surface area contributed by atoms with Crippen molar-refractivity contribution in [1.82, 2.24) is 25.6 Å². The van der Waals surface area contributed by atoms with Gasteiger partial charge in [0.25, 0.3) is 0 Å². The Balaban J connectivity index is 0.000000302. The molecule has 8 nitrogen and oxygen atoms in total. The Morgan fingerprint density at radius 1 is 1.09 bits per heavy atom. The third kappa shape index (κ3) is 6.32. The maximum atomic E-state index is 4.93. The van der Waals surface area contributed by atoms with E-state index in [1.165, 1.54) is 5.56 Å². The number of tetrazole rings is 1. The van der Waals surface area contributed by atoms with E-state index in [2.05, 4.69) is 63.4 Å². The van der Waals surface area contributed by atoms with Crippen LogP contribution in [0.5, 0.6) is 0 Å². The van der Waals surface area contributed by atoms with Crippen molar-refractivity contribution in [2.24, 2.45) is 16.0 Å². The monoisotopic (exact) mass is 457 g/mol. The van der Waals surface area contributed by atoms with Crippen molar-refractivity contribution in [2.75, 3.05) is 7.11 Å². The van der Waals surface area contributed by atoms with Crippen LogP contribution in [0.25, 0.3) is 11.1 Å². The first kappa shape index (κ1) is 24.7. The van der Waals surface area contributed by atoms with Crippen LogP contribution < -0.4 is 0 Å². The molecular formula is C26H31N7O. The fraction of sp³-hybridized carbons (Fsp3) is 0.269. The second-order valence-electron chi connectivity index (χ2n) is 8.14. The van der Waals surface area contributed by atoms with E-state index in [1.807, 2.05) is 61.7 Å². The first-order valence-corrected chi connectivity index (χ1v) is 11.1. The molecule has 8 heteroatoms. The Labute approximate surface area is 200 Å². The topological polar surface area (TPSA) is 91.7 Å². The zero-order valence-electron chi connectivity index (χ0n) is 20.1. The minimum Gasteiger partial charge on any atom is -0.380 e. The van der Waals surface area contributed by atoms with Gasteiger partial charge in [0.2, 0.25) is 5.82 Å². The molecule has 1 N–H and O–H groups in total. The van der Waals surface area contributed by atoms with E-state index >= 15 is 0 Å². The SMILES string of the molecule is C=NN1C(CC(C)C)=C(c2ccccc2)C=N/C1=C(/C)c1nn[nH]n1.COCc1ccccc1. The number of rotatable bonds is 7. The van der Waals surface area contributed by atoms with Crippen LogP contribution in [0.3, 0.4) is 0 Å². The van der Waals surface area contributed by atoms with Crippen LogP contribution >= 0.6 is 0 Å². The summed E-state index contributed by atoms with van der Waals surface area (Å²) in [6.07, 6.45) is 2.73. The molecule has 0 saturated heterocycles. The van der Waals surface area contributed by atoms with Gasteiger partial charge in [-0.05, 0) is 35.6 Å². The van der Waals surface area contributed by atoms with Crippen LogP contribution in [0.2, 0.25) is 0 Å². The third-order valence-electron chi connectivity index (χ3n) is 5.08. The van der Waals surface area contributed by atoms with Gasteiger partial charge in [-0.25, -0.2) is 10.0 Å². The van der Waals surface area contributed by atoms with Crippen molar-refractivity contribution < 1.29 is 4.74 Å². The zero-order valence-corrected chi connectivity index (χ0v) is 20.1. The molecule has 0 spiro atoms. The van der Waals surface area contributed by atoms with Crippen LogP contribution in [0.1, 0.15) is 44.1 Å². The Morgan fingerprint density at radius 3 is 2.32 bits per heavy atom. The minimum atomic E-state index is 0.455. The van der Waals surface area contributed by atoms with Gasteiger partial charge in [0, 0.05) is 31.2 Å². The average molecular weight is 458 g/mol. The zero-order chi connectivity index (χ0) is 24.3. The molecule has 2 aromatic carbocycles. The maximum absolute atomic E-state index is 4.93. The number of ether oxygens (including phenoxy) is 1. The number of nitrogens with zero attached hydrogens (tertiary/aromatic N) is 6. The van der Waals surface area contributed by atoms with Gasteiger partial charge in [-0.15, -0.1) is 10.2 Å². The molecule has 0 bridgehead atoms. The standard InChI is InChI=1S/C18H21N7.C8H10O/c1-12(2)10-16-15(14-8-6-5-7-9-14)11-20-18(25(16)19-4)13(3)17-21-23-24-22-17;1-9-7-8-5-3-2-4-6-8/h5-9,11-12H,4,10H2,1-3H3,(H,21,22,23,24);2-6H,7H2,1H3/b18-13+;. The quantitative estimate of drug-likeness (QED) is 0.494. The van der Waals surface area contributed by atoms with E-state index in [0.717, 1.165) is 28.8 Å². The van der Waals surface area contributed by atoms with Crippen molar-refractivity contribution in [1.29, 1.82) is 0 Å². The van der Waals surface area contributed by atoms with Crippen LogP contribution in [0, 0.1) is 5.92 Å². The lowest BCUT2D eigenvalue weighted by Gasteiger charge is -2.29. The molecule has 0 radical (unpaired) electrons. The lowest BCUT2D eigenvalue weighted by atomic mass is 9.97. The number of aliphatic imine (C=N–C) groups is 1. The number of aromatic amines is 1. The van der Waals surface area contributed by atoms with E-state index in [9.17, 15) is 0 Å². The molecule has 176 valence electrons. The number of methoxy groups -OCH3 is 1. The number of hydrazone groups is 1. The number of allylic oxidation sites excluding steroid dienone is 3. The molecule has 0 amide bonds. The molecule has 0 saturated carbocycles. The van der Waals surface area contributed by atoms with Gasteiger partial charge < -0.3 is 4.74 Å². The van der Waals surface area contributed by atoms with E-state index in [4.69, 9.17) is 4.74 Å². The van der Waals surface area contributed by atoms with Gasteiger partial charge in [0.05, 0.1) is 12.3 Å². The van der Waals surface area contributed by atoms with Crippen LogP contribution in [0.15, 0.2) is 82.3 Å². The highest BCUT2D eigenvalue weighted by Gasteiger charge is 2.25. The number of aromatic nitrogens is 4. The predicted molar refractivity (Wildman–Crippen MR) is 137 cm³/mol. The molecule has 0 fully saturated rings. The molecule has 0 atom stereocenters. The van der Waals surface area contributed by atoms with E-state index in [-0.39, 0.29) is 0 Å². The molecule has 34 heavy (non-hydrogen) atoms. The van der Waals surface area contributed by atoms with E-state index in [1.54, 1.807) is 12.1 Å². The Hall–Kier alpha value is -3.91. The van der Waals surface area contributed by atoms with Crippen molar-refractivity contribution in [3.63, 3.8) is 0 Å². The fourth-order valence-corrected chi connectivity index (χ4v) is 3.51. The molecule has 0 aliphatic carbocycles.